The first-order valence-electron chi connectivity index (χ1n) is 6.79. The van der Waals surface area contributed by atoms with Crippen LogP contribution in [0.4, 0.5) is 0 Å². The Labute approximate surface area is 134 Å². The van der Waals surface area contributed by atoms with E-state index in [1.807, 2.05) is 19.1 Å². The first-order valence-corrected chi connectivity index (χ1v) is 7.58. The second-order valence-electron chi connectivity index (χ2n) is 6.12. The molecule has 0 aliphatic rings. The Morgan fingerprint density at radius 3 is 2.38 bits per heavy atom. The molecule has 0 aliphatic heterocycles. The number of ether oxygens (including phenoxy) is 1. The number of halogens is 1. The third-order valence-electron chi connectivity index (χ3n) is 3.27. The van der Waals surface area contributed by atoms with Gasteiger partial charge in [0.25, 0.3) is 0 Å². The Morgan fingerprint density at radius 2 is 1.81 bits per heavy atom. The normalized spacial score (nSPS) is 11.0. The zero-order valence-corrected chi connectivity index (χ0v) is 14.3. The van der Waals surface area contributed by atoms with Crippen molar-refractivity contribution in [2.75, 3.05) is 0 Å². The van der Waals surface area contributed by atoms with E-state index in [1.165, 1.54) is 5.56 Å². The monoisotopic (exact) mass is 343 g/mol. The number of rotatable bonds is 2. The Hall–Kier alpha value is -1.79. The van der Waals surface area contributed by atoms with Crippen molar-refractivity contribution in [3.63, 3.8) is 0 Å². The Balaban J connectivity index is 2.33. The highest BCUT2D eigenvalue weighted by Gasteiger charge is 2.15. The summed E-state index contributed by atoms with van der Waals surface area (Å²) in [6, 6.07) is 13.7. The summed E-state index contributed by atoms with van der Waals surface area (Å²) in [7, 11) is 0. The van der Waals surface area contributed by atoms with Crippen LogP contribution in [0.15, 0.2) is 40.9 Å². The van der Waals surface area contributed by atoms with Crippen LogP contribution in [-0.4, -0.2) is 0 Å². The molecule has 0 amide bonds. The zero-order valence-electron chi connectivity index (χ0n) is 12.7. The van der Waals surface area contributed by atoms with E-state index < -0.39 is 0 Å². The molecule has 0 bridgehead atoms. The van der Waals surface area contributed by atoms with Crippen molar-refractivity contribution in [3.8, 4) is 17.6 Å². The maximum absolute atomic E-state index is 9.01. The largest absolute Gasteiger partial charge is 0.457 e. The number of benzene rings is 2. The third kappa shape index (κ3) is 3.86. The molecule has 0 saturated heterocycles. The minimum Gasteiger partial charge on any atom is -0.457 e. The van der Waals surface area contributed by atoms with Crippen molar-refractivity contribution in [2.45, 2.75) is 33.1 Å². The fraction of sp³-hybridized carbons (Fsp3) is 0.278. The van der Waals surface area contributed by atoms with E-state index in [0.717, 1.165) is 15.8 Å². The number of nitrogens with zero attached hydrogens (tertiary/aromatic N) is 1. The Kier molecular flexibility index (Phi) is 4.39. The van der Waals surface area contributed by atoms with E-state index in [9.17, 15) is 0 Å². The molecule has 0 heterocycles. The average molecular weight is 344 g/mol. The summed E-state index contributed by atoms with van der Waals surface area (Å²) in [4.78, 5) is 0. The van der Waals surface area contributed by atoms with Gasteiger partial charge in [-0.1, -0.05) is 48.8 Å². The molecule has 3 heteroatoms. The van der Waals surface area contributed by atoms with Crippen LogP contribution in [0, 0.1) is 18.3 Å². The van der Waals surface area contributed by atoms with Gasteiger partial charge in [-0.25, -0.2) is 0 Å². The number of hydrogen-bond acceptors (Lipinski definition) is 2. The summed E-state index contributed by atoms with van der Waals surface area (Å²) < 4.78 is 6.75. The predicted octanol–water partition coefficient (Wildman–Crippen LogP) is 5.72. The molecular weight excluding hydrogens is 326 g/mol. The molecule has 0 aliphatic carbocycles. The maximum Gasteiger partial charge on any atom is 0.130 e. The highest BCUT2D eigenvalue weighted by Crippen LogP contribution is 2.31. The molecule has 0 aromatic heterocycles. The molecule has 0 spiro atoms. The highest BCUT2D eigenvalue weighted by molar-refractivity contribution is 9.10. The lowest BCUT2D eigenvalue weighted by atomic mass is 9.86. The summed E-state index contributed by atoms with van der Waals surface area (Å²) in [6.07, 6.45) is 0. The maximum atomic E-state index is 9.01. The fourth-order valence-electron chi connectivity index (χ4n) is 2.04. The van der Waals surface area contributed by atoms with Crippen LogP contribution in [0.3, 0.4) is 0 Å². The predicted molar refractivity (Wildman–Crippen MR) is 88.8 cm³/mol. The van der Waals surface area contributed by atoms with E-state index in [1.54, 1.807) is 12.1 Å². The van der Waals surface area contributed by atoms with Crippen molar-refractivity contribution in [1.82, 2.24) is 0 Å². The number of nitriles is 1. The van der Waals surface area contributed by atoms with Gasteiger partial charge in [0, 0.05) is 4.47 Å². The molecule has 2 aromatic carbocycles. The molecular formula is C18H18BrNO. The summed E-state index contributed by atoms with van der Waals surface area (Å²) in [6.45, 7) is 8.61. The van der Waals surface area contributed by atoms with Crippen LogP contribution >= 0.6 is 15.9 Å². The average Bonchev–Trinajstić information content (AvgIpc) is 2.39. The lowest BCUT2D eigenvalue weighted by Gasteiger charge is -2.20. The van der Waals surface area contributed by atoms with Crippen molar-refractivity contribution < 1.29 is 4.74 Å². The second-order valence-corrected chi connectivity index (χ2v) is 7.04. The van der Waals surface area contributed by atoms with Gasteiger partial charge in [0.05, 0.1) is 11.6 Å². The van der Waals surface area contributed by atoms with Gasteiger partial charge in [0.1, 0.15) is 11.5 Å². The van der Waals surface area contributed by atoms with Gasteiger partial charge in [-0.15, -0.1) is 0 Å². The van der Waals surface area contributed by atoms with Crippen molar-refractivity contribution in [1.29, 1.82) is 5.26 Å². The molecule has 0 atom stereocenters. The minimum atomic E-state index is 0.118. The smallest absolute Gasteiger partial charge is 0.130 e. The van der Waals surface area contributed by atoms with Crippen LogP contribution in [0.2, 0.25) is 0 Å². The van der Waals surface area contributed by atoms with Crippen LogP contribution in [0.25, 0.3) is 0 Å². The third-order valence-corrected chi connectivity index (χ3v) is 3.73. The molecule has 21 heavy (non-hydrogen) atoms. The first kappa shape index (κ1) is 15.6. The zero-order chi connectivity index (χ0) is 15.6. The lowest BCUT2D eigenvalue weighted by molar-refractivity contribution is 0.477. The van der Waals surface area contributed by atoms with E-state index in [2.05, 4.69) is 54.9 Å². The van der Waals surface area contributed by atoms with Gasteiger partial charge in [0.2, 0.25) is 0 Å². The van der Waals surface area contributed by atoms with Gasteiger partial charge in [-0.3, -0.25) is 0 Å². The summed E-state index contributed by atoms with van der Waals surface area (Å²) in [5, 5.41) is 9.01. The van der Waals surface area contributed by atoms with Crippen molar-refractivity contribution >= 4 is 15.9 Å². The standard InChI is InChI=1S/C18H18BrNO/c1-12-7-14(18(2,3)4)5-6-17(12)21-16-9-13(11-20)8-15(19)10-16/h5-10H,1-4H3. The lowest BCUT2D eigenvalue weighted by Crippen LogP contribution is -2.11. The SMILES string of the molecule is Cc1cc(C(C)(C)C)ccc1Oc1cc(Br)cc(C#N)c1. The molecule has 2 nitrogen and oxygen atoms in total. The van der Waals surface area contributed by atoms with Crippen LogP contribution < -0.4 is 4.74 Å². The Bertz CT molecular complexity index is 708. The van der Waals surface area contributed by atoms with Crippen LogP contribution in [-0.2, 0) is 5.41 Å². The van der Waals surface area contributed by atoms with Gasteiger partial charge >= 0.3 is 0 Å². The molecule has 0 saturated carbocycles. The molecule has 2 rings (SSSR count). The van der Waals surface area contributed by atoms with E-state index in [-0.39, 0.29) is 5.41 Å². The molecule has 0 radical (unpaired) electrons. The number of hydrogen-bond donors (Lipinski definition) is 0. The molecule has 108 valence electrons. The highest BCUT2D eigenvalue weighted by atomic mass is 79.9. The van der Waals surface area contributed by atoms with E-state index >= 15 is 0 Å². The molecule has 0 N–H and O–H groups in total. The van der Waals surface area contributed by atoms with Crippen molar-refractivity contribution in [3.05, 3.63) is 57.6 Å². The van der Waals surface area contributed by atoms with Gasteiger partial charge in [-0.05, 0) is 47.7 Å². The topological polar surface area (TPSA) is 33.0 Å². The van der Waals surface area contributed by atoms with E-state index in [4.69, 9.17) is 10.00 Å². The first-order chi connectivity index (χ1) is 9.79. The van der Waals surface area contributed by atoms with Crippen LogP contribution in [0.1, 0.15) is 37.5 Å². The molecule has 0 unspecified atom stereocenters. The van der Waals surface area contributed by atoms with Crippen LogP contribution in [0.5, 0.6) is 11.5 Å². The quantitative estimate of drug-likeness (QED) is 0.698. The second kappa shape index (κ2) is 5.91. The molecule has 2 aromatic rings. The molecule has 0 fully saturated rings. The summed E-state index contributed by atoms with van der Waals surface area (Å²) in [5.41, 5.74) is 3.05. The van der Waals surface area contributed by atoms with Gasteiger partial charge in [0.15, 0.2) is 0 Å². The summed E-state index contributed by atoms with van der Waals surface area (Å²) in [5.74, 6) is 1.47. The Morgan fingerprint density at radius 1 is 1.10 bits per heavy atom. The van der Waals surface area contributed by atoms with Crippen molar-refractivity contribution in [2.24, 2.45) is 0 Å². The van der Waals surface area contributed by atoms with E-state index in [0.29, 0.717) is 11.3 Å². The van der Waals surface area contributed by atoms with Gasteiger partial charge in [-0.2, -0.15) is 5.26 Å². The fourth-order valence-corrected chi connectivity index (χ4v) is 2.52. The minimum absolute atomic E-state index is 0.118. The van der Waals surface area contributed by atoms with Gasteiger partial charge < -0.3 is 4.74 Å². The number of aryl methyl sites for hydroxylation is 1. The summed E-state index contributed by atoms with van der Waals surface area (Å²) >= 11 is 3.39.